The lowest BCUT2D eigenvalue weighted by molar-refractivity contribution is 0.599. The summed E-state index contributed by atoms with van der Waals surface area (Å²) in [6, 6.07) is 36.5. The largest absolute Gasteiger partial charge is 0.358 e. The Morgan fingerprint density at radius 1 is 0.644 bits per heavy atom. The van der Waals surface area contributed by atoms with Crippen molar-refractivity contribution in [2.45, 2.75) is 82.8 Å². The van der Waals surface area contributed by atoms with E-state index < -0.39 is 0 Å². The van der Waals surface area contributed by atoms with Gasteiger partial charge < -0.3 is 19.4 Å². The van der Waals surface area contributed by atoms with Crippen LogP contribution in [-0.4, -0.2) is 19.8 Å². The van der Waals surface area contributed by atoms with Crippen molar-refractivity contribution in [3.63, 3.8) is 0 Å². The molecule has 0 saturated heterocycles. The molecule has 5 nitrogen and oxygen atoms in total. The quantitative estimate of drug-likeness (QED) is 0.163. The van der Waals surface area contributed by atoms with E-state index in [2.05, 4.69) is 159 Å². The Morgan fingerprint density at radius 3 is 2.39 bits per heavy atom. The predicted octanol–water partition coefficient (Wildman–Crippen LogP) is 13.5. The summed E-state index contributed by atoms with van der Waals surface area (Å²) in [5.74, 6) is 0.581. The monoisotopic (exact) mass is 767 g/mol. The maximum absolute atomic E-state index is 5.57. The summed E-state index contributed by atoms with van der Waals surface area (Å²) in [7, 11) is 0. The number of aromatic nitrogens is 3. The van der Waals surface area contributed by atoms with Crippen molar-refractivity contribution in [1.82, 2.24) is 14.1 Å². The summed E-state index contributed by atoms with van der Waals surface area (Å²) in [6.45, 7) is 0. The minimum Gasteiger partial charge on any atom is -0.358 e. The van der Waals surface area contributed by atoms with Gasteiger partial charge in [-0.05, 0) is 147 Å². The van der Waals surface area contributed by atoms with E-state index in [-0.39, 0.29) is 6.29 Å². The molecule has 0 fully saturated rings. The minimum atomic E-state index is -0.293. The Labute approximate surface area is 346 Å². The second kappa shape index (κ2) is 14.2. The van der Waals surface area contributed by atoms with Crippen molar-refractivity contribution in [2.24, 2.45) is 4.99 Å². The summed E-state index contributed by atoms with van der Waals surface area (Å²) < 4.78 is 5.07. The van der Waals surface area contributed by atoms with Crippen LogP contribution in [-0.2, 0) is 19.3 Å². The number of rotatable bonds is 6. The number of aromatic amines is 1. The number of aliphatic imine (C=N–C) groups is 1. The lowest BCUT2D eigenvalue weighted by Gasteiger charge is -2.29. The normalized spacial score (nSPS) is 19.6. The van der Waals surface area contributed by atoms with Gasteiger partial charge in [-0.2, -0.15) is 0 Å². The van der Waals surface area contributed by atoms with Gasteiger partial charge in [0.2, 0.25) is 6.29 Å². The molecule has 0 radical (unpaired) electrons. The van der Waals surface area contributed by atoms with Gasteiger partial charge in [-0.15, -0.1) is 0 Å². The zero-order valence-electron chi connectivity index (χ0n) is 33.6. The number of fused-ring (bicyclic) bond motifs is 7. The topological polar surface area (TPSA) is 50.0 Å². The third-order valence-corrected chi connectivity index (χ3v) is 13.7. The summed E-state index contributed by atoms with van der Waals surface area (Å²) in [5, 5.41) is 6.62. The van der Waals surface area contributed by atoms with Crippen LogP contribution < -0.4 is 5.32 Å². The zero-order chi connectivity index (χ0) is 38.9. The second-order valence-electron chi connectivity index (χ2n) is 17.2. The smallest absolute Gasteiger partial charge is 0.201 e. The Morgan fingerprint density at radius 2 is 1.49 bits per heavy atom. The zero-order valence-corrected chi connectivity index (χ0v) is 33.6. The minimum absolute atomic E-state index is 0.293. The summed E-state index contributed by atoms with van der Waals surface area (Å²) in [6.07, 6.45) is 28.6. The van der Waals surface area contributed by atoms with Gasteiger partial charge in [-0.25, -0.2) is 4.99 Å². The molecular weight excluding hydrogens is 719 g/mol. The number of hydrogen-bond donors (Lipinski definition) is 2. The highest BCUT2D eigenvalue weighted by Gasteiger charge is 2.28. The van der Waals surface area contributed by atoms with Crippen LogP contribution in [0, 0.1) is 0 Å². The standard InChI is InChI=1S/C54H49N5/c1-3-13-35(14-4-1)46-30-31-47(55-46)36-23-25-37(26-24-36)53-44-19-7-10-20-48(44)56-54(57-53)59-50-22-12-9-18-42(50)45-33-38(28-32-51(45)59)39-27-29-43-41-17-8-11-21-49(41)58(52(43)34-39)40-15-5-2-6-16-40/h1-3,5,7,10,12,15,19-20,22-35,54-56H,4,6,8-9,11,13-14,16-18,21H2. The van der Waals surface area contributed by atoms with Gasteiger partial charge >= 0.3 is 0 Å². The molecule has 3 aromatic heterocycles. The lowest BCUT2D eigenvalue weighted by atomic mass is 9.92. The van der Waals surface area contributed by atoms with E-state index in [0.29, 0.717) is 5.92 Å². The highest BCUT2D eigenvalue weighted by Crippen LogP contribution is 2.42. The van der Waals surface area contributed by atoms with Crippen molar-refractivity contribution in [3.05, 3.63) is 173 Å². The van der Waals surface area contributed by atoms with E-state index in [1.54, 1.807) is 5.56 Å². The van der Waals surface area contributed by atoms with E-state index in [0.717, 1.165) is 61.1 Å². The van der Waals surface area contributed by atoms with Crippen LogP contribution in [0.3, 0.4) is 0 Å². The van der Waals surface area contributed by atoms with Crippen molar-refractivity contribution < 1.29 is 0 Å². The van der Waals surface area contributed by atoms with Crippen molar-refractivity contribution >= 4 is 45.0 Å². The van der Waals surface area contributed by atoms with Crippen LogP contribution in [0.5, 0.6) is 0 Å². The van der Waals surface area contributed by atoms with E-state index in [1.165, 1.54) is 105 Å². The number of nitrogens with one attached hydrogen (secondary N) is 2. The molecule has 5 aliphatic rings. The van der Waals surface area contributed by atoms with E-state index in [1.807, 2.05) is 0 Å². The molecule has 0 amide bonds. The van der Waals surface area contributed by atoms with Crippen LogP contribution in [0.2, 0.25) is 0 Å². The van der Waals surface area contributed by atoms with Gasteiger partial charge in [0.1, 0.15) is 0 Å². The molecule has 2 N–H and O–H groups in total. The lowest BCUT2D eigenvalue weighted by Crippen LogP contribution is -2.25. The number of para-hydroxylation sites is 1. The van der Waals surface area contributed by atoms with E-state index in [4.69, 9.17) is 4.99 Å². The molecule has 0 saturated carbocycles. The summed E-state index contributed by atoms with van der Waals surface area (Å²) in [4.78, 5) is 9.31. The number of allylic oxidation sites excluding steroid dienone is 7. The number of benzene rings is 4. The Hall–Kier alpha value is -6.33. The van der Waals surface area contributed by atoms with Gasteiger partial charge in [0, 0.05) is 62.0 Å². The maximum atomic E-state index is 5.57. The fraction of sp³-hybridized carbons (Fsp3) is 0.241. The SMILES string of the molecule is C1=CCCC(n2c3c(c4ccc(-c5ccc6c(c5)c5c(n6C6N=C(c7ccc(-c8ccc(C9CC=CCC9)[nH]8)cc7)c7ccccc7N6)C=CCC5)cc42)CCCC3)=C1. The second-order valence-corrected chi connectivity index (χ2v) is 17.2. The van der Waals surface area contributed by atoms with Gasteiger partial charge in [-0.3, -0.25) is 0 Å². The predicted molar refractivity (Wildman–Crippen MR) is 246 cm³/mol. The molecule has 1 aliphatic heterocycles. The Kier molecular flexibility index (Phi) is 8.35. The fourth-order valence-electron chi connectivity index (χ4n) is 10.8. The van der Waals surface area contributed by atoms with Crippen molar-refractivity contribution in [3.8, 4) is 22.4 Å². The van der Waals surface area contributed by atoms with E-state index in [9.17, 15) is 0 Å². The number of anilines is 1. The molecule has 5 heteroatoms. The summed E-state index contributed by atoms with van der Waals surface area (Å²) in [5.41, 5.74) is 20.5. The molecule has 2 atom stereocenters. The molecule has 7 aromatic rings. The Bertz CT molecular complexity index is 2950. The first-order valence-electron chi connectivity index (χ1n) is 22.0. The third-order valence-electron chi connectivity index (χ3n) is 13.7. The van der Waals surface area contributed by atoms with Crippen molar-refractivity contribution in [1.29, 1.82) is 0 Å². The van der Waals surface area contributed by atoms with Crippen LogP contribution in [0.15, 0.2) is 139 Å². The number of hydrogen-bond acceptors (Lipinski definition) is 2. The molecule has 4 heterocycles. The molecule has 4 aliphatic carbocycles. The molecular formula is C54H49N5. The molecule has 12 rings (SSSR count). The van der Waals surface area contributed by atoms with Gasteiger partial charge in [-0.1, -0.05) is 91.0 Å². The molecule has 2 unspecified atom stereocenters. The fourth-order valence-corrected chi connectivity index (χ4v) is 10.8. The van der Waals surface area contributed by atoms with Crippen LogP contribution in [0.1, 0.15) is 103 Å². The van der Waals surface area contributed by atoms with Gasteiger partial charge in [0.15, 0.2) is 0 Å². The maximum Gasteiger partial charge on any atom is 0.201 e. The first kappa shape index (κ1) is 34.7. The molecule has 4 aromatic carbocycles. The van der Waals surface area contributed by atoms with Gasteiger partial charge in [0.25, 0.3) is 0 Å². The van der Waals surface area contributed by atoms with Crippen LogP contribution >= 0.6 is 0 Å². The average Bonchev–Trinajstić information content (AvgIpc) is 4.02. The average molecular weight is 768 g/mol. The third kappa shape index (κ3) is 5.85. The van der Waals surface area contributed by atoms with Crippen LogP contribution in [0.25, 0.3) is 56.0 Å². The molecule has 59 heavy (non-hydrogen) atoms. The number of H-pyrrole nitrogens is 1. The van der Waals surface area contributed by atoms with Gasteiger partial charge in [0.05, 0.1) is 16.7 Å². The number of nitrogens with zero attached hydrogens (tertiary/aromatic N) is 3. The molecule has 290 valence electrons. The first-order chi connectivity index (χ1) is 29.2. The van der Waals surface area contributed by atoms with Crippen LogP contribution in [0.4, 0.5) is 5.69 Å². The highest BCUT2D eigenvalue weighted by molar-refractivity contribution is 6.17. The molecule has 0 spiro atoms. The highest BCUT2D eigenvalue weighted by atomic mass is 15.3. The van der Waals surface area contributed by atoms with Crippen molar-refractivity contribution in [2.75, 3.05) is 5.32 Å². The Balaban J connectivity index is 0.932. The first-order valence-corrected chi connectivity index (χ1v) is 22.0. The van der Waals surface area contributed by atoms with E-state index >= 15 is 0 Å². The molecule has 0 bridgehead atoms. The number of aryl methyl sites for hydroxylation is 2. The summed E-state index contributed by atoms with van der Waals surface area (Å²) >= 11 is 0.